The highest BCUT2D eigenvalue weighted by atomic mass is 32.2. The molecule has 36 heavy (non-hydrogen) atoms. The lowest BCUT2D eigenvalue weighted by molar-refractivity contribution is -0.125. The zero-order valence-corrected chi connectivity index (χ0v) is 20.1. The van der Waals surface area contributed by atoms with Crippen LogP contribution in [0.15, 0.2) is 88.8 Å². The Morgan fingerprint density at radius 1 is 0.833 bits per heavy atom. The van der Waals surface area contributed by atoms with Gasteiger partial charge in [0.1, 0.15) is 5.75 Å². The fourth-order valence-corrected chi connectivity index (χ4v) is 4.79. The van der Waals surface area contributed by atoms with Gasteiger partial charge in [-0.05, 0) is 59.8 Å². The van der Waals surface area contributed by atoms with Crippen LogP contribution in [0.2, 0.25) is 0 Å². The molecular weight excluding hydrogens is 478 g/mol. The number of amidine groups is 1. The Kier molecular flexibility index (Phi) is 6.66. The Bertz CT molecular complexity index is 1350. The molecule has 0 bridgehead atoms. The number of fused-ring (bicyclic) bond motifs is 1. The van der Waals surface area contributed by atoms with Crippen molar-refractivity contribution in [2.24, 2.45) is 4.99 Å². The Morgan fingerprint density at radius 2 is 1.47 bits per heavy atom. The van der Waals surface area contributed by atoms with E-state index < -0.39 is 11.8 Å². The summed E-state index contributed by atoms with van der Waals surface area (Å²) in [6, 6.07) is 23.2. The highest BCUT2D eigenvalue weighted by molar-refractivity contribution is 8.18. The maximum Gasteiger partial charge on any atom is 0.285 e. The van der Waals surface area contributed by atoms with Crippen LogP contribution in [0.5, 0.6) is 5.75 Å². The minimum absolute atomic E-state index is 0.0681. The number of rotatable bonds is 7. The maximum absolute atomic E-state index is 13.3. The van der Waals surface area contributed by atoms with E-state index in [0.717, 1.165) is 16.4 Å². The first-order chi connectivity index (χ1) is 17.5. The quantitative estimate of drug-likeness (QED) is 0.351. The van der Waals surface area contributed by atoms with Gasteiger partial charge in [0.25, 0.3) is 17.7 Å². The molecule has 0 N–H and O–H groups in total. The van der Waals surface area contributed by atoms with Gasteiger partial charge in [-0.15, -0.1) is 5.06 Å². The summed E-state index contributed by atoms with van der Waals surface area (Å²) in [5, 5.41) is 1.23. The van der Waals surface area contributed by atoms with Crippen LogP contribution in [0.25, 0.3) is 6.08 Å². The summed E-state index contributed by atoms with van der Waals surface area (Å²) >= 11 is 1.25. The van der Waals surface area contributed by atoms with E-state index in [2.05, 4.69) is 4.99 Å². The van der Waals surface area contributed by atoms with Crippen LogP contribution in [0.1, 0.15) is 26.3 Å². The molecule has 0 aromatic heterocycles. The summed E-state index contributed by atoms with van der Waals surface area (Å²) in [7, 11) is 1.60. The van der Waals surface area contributed by atoms with Gasteiger partial charge in [0, 0.05) is 0 Å². The molecule has 2 heterocycles. The maximum atomic E-state index is 13.3. The Balaban J connectivity index is 1.34. The van der Waals surface area contributed by atoms with E-state index in [4.69, 9.17) is 9.57 Å². The first kappa shape index (κ1) is 23.5. The highest BCUT2D eigenvalue weighted by Gasteiger charge is 2.38. The SMILES string of the molecule is COc1ccc(/C=C2/SC(=Nc3ccccc3)N(CCON3C(=O)c4ccccc4C3=O)C2=O)cc1. The largest absolute Gasteiger partial charge is 0.497 e. The molecule has 8 nitrogen and oxygen atoms in total. The average Bonchev–Trinajstić information content (AvgIpc) is 3.33. The average molecular weight is 500 g/mol. The third-order valence-electron chi connectivity index (χ3n) is 5.57. The summed E-state index contributed by atoms with van der Waals surface area (Å²) in [4.78, 5) is 50.6. The predicted octanol–water partition coefficient (Wildman–Crippen LogP) is 4.53. The van der Waals surface area contributed by atoms with Gasteiger partial charge < -0.3 is 4.74 Å². The van der Waals surface area contributed by atoms with Crippen LogP contribution in [-0.2, 0) is 9.63 Å². The van der Waals surface area contributed by atoms with E-state index >= 15 is 0 Å². The molecule has 2 aliphatic heterocycles. The summed E-state index contributed by atoms with van der Waals surface area (Å²) < 4.78 is 5.20. The van der Waals surface area contributed by atoms with Gasteiger partial charge in [0.2, 0.25) is 0 Å². The van der Waals surface area contributed by atoms with Crippen LogP contribution in [0.3, 0.4) is 0 Å². The number of hydroxylamine groups is 2. The molecule has 0 radical (unpaired) electrons. The number of amides is 3. The molecule has 0 saturated carbocycles. The summed E-state index contributed by atoms with van der Waals surface area (Å²) in [5.41, 5.74) is 2.14. The molecule has 3 amide bonds. The lowest BCUT2D eigenvalue weighted by Gasteiger charge is -2.18. The van der Waals surface area contributed by atoms with Gasteiger partial charge in [-0.1, -0.05) is 42.5 Å². The van der Waals surface area contributed by atoms with Crippen molar-refractivity contribution in [1.29, 1.82) is 0 Å². The monoisotopic (exact) mass is 499 g/mol. The van der Waals surface area contributed by atoms with Gasteiger partial charge in [-0.2, -0.15) is 0 Å². The topological polar surface area (TPSA) is 88.5 Å². The van der Waals surface area contributed by atoms with Crippen molar-refractivity contribution in [2.75, 3.05) is 20.3 Å². The van der Waals surface area contributed by atoms with Crippen molar-refractivity contribution in [1.82, 2.24) is 9.96 Å². The van der Waals surface area contributed by atoms with Gasteiger partial charge >= 0.3 is 0 Å². The van der Waals surface area contributed by atoms with Crippen LogP contribution in [0.4, 0.5) is 5.69 Å². The highest BCUT2D eigenvalue weighted by Crippen LogP contribution is 2.34. The van der Waals surface area contributed by atoms with Crippen LogP contribution >= 0.6 is 11.8 Å². The molecule has 9 heteroatoms. The van der Waals surface area contributed by atoms with E-state index in [-0.39, 0.29) is 19.1 Å². The first-order valence-electron chi connectivity index (χ1n) is 11.1. The first-order valence-corrected chi connectivity index (χ1v) is 12.0. The van der Waals surface area contributed by atoms with E-state index in [0.29, 0.717) is 26.9 Å². The molecule has 180 valence electrons. The fraction of sp³-hybridized carbons (Fsp3) is 0.111. The van der Waals surface area contributed by atoms with Gasteiger partial charge in [0.15, 0.2) is 5.17 Å². The molecule has 1 saturated heterocycles. The zero-order valence-electron chi connectivity index (χ0n) is 19.3. The van der Waals surface area contributed by atoms with E-state index in [1.165, 1.54) is 16.7 Å². The molecule has 2 aliphatic rings. The molecule has 0 aliphatic carbocycles. The number of carbonyl (C=O) groups excluding carboxylic acids is 3. The summed E-state index contributed by atoms with van der Waals surface area (Å²) in [5.74, 6) is -0.552. The van der Waals surface area contributed by atoms with Gasteiger partial charge in [-0.3, -0.25) is 24.1 Å². The molecule has 1 fully saturated rings. The smallest absolute Gasteiger partial charge is 0.285 e. The fourth-order valence-electron chi connectivity index (χ4n) is 3.76. The second kappa shape index (κ2) is 10.2. The lowest BCUT2D eigenvalue weighted by Crippen LogP contribution is -2.36. The van der Waals surface area contributed by atoms with E-state index in [1.807, 2.05) is 54.6 Å². The lowest BCUT2D eigenvalue weighted by atomic mass is 10.1. The minimum Gasteiger partial charge on any atom is -0.497 e. The molecule has 3 aromatic rings. The number of methoxy groups -OCH3 is 1. The van der Waals surface area contributed by atoms with Crippen LogP contribution in [-0.4, -0.2) is 53.1 Å². The van der Waals surface area contributed by atoms with Crippen molar-refractivity contribution in [3.05, 3.63) is 100 Å². The van der Waals surface area contributed by atoms with Crippen molar-refractivity contribution in [2.45, 2.75) is 0 Å². The summed E-state index contributed by atoms with van der Waals surface area (Å²) in [6.07, 6.45) is 1.79. The normalized spacial score (nSPS) is 17.4. The van der Waals surface area contributed by atoms with Crippen molar-refractivity contribution < 1.29 is 24.0 Å². The Morgan fingerprint density at radius 3 is 2.11 bits per heavy atom. The predicted molar refractivity (Wildman–Crippen MR) is 137 cm³/mol. The van der Waals surface area contributed by atoms with E-state index in [9.17, 15) is 14.4 Å². The molecule has 0 spiro atoms. The Hall–Kier alpha value is -4.21. The van der Waals surface area contributed by atoms with Crippen LogP contribution in [0, 0.1) is 0 Å². The zero-order chi connectivity index (χ0) is 25.1. The number of aliphatic imine (C=N–C) groups is 1. The minimum atomic E-state index is -0.518. The number of ether oxygens (including phenoxy) is 1. The number of nitrogens with zero attached hydrogens (tertiary/aromatic N) is 3. The van der Waals surface area contributed by atoms with Crippen molar-refractivity contribution in [3.63, 3.8) is 0 Å². The van der Waals surface area contributed by atoms with E-state index in [1.54, 1.807) is 37.5 Å². The second-order valence-corrected chi connectivity index (χ2v) is 8.86. The third kappa shape index (κ3) is 4.66. The van der Waals surface area contributed by atoms with Crippen LogP contribution < -0.4 is 4.74 Å². The number of thioether (sulfide) groups is 1. The number of benzene rings is 3. The molecule has 3 aromatic carbocycles. The molecular formula is C27H21N3O5S. The number of hydrogen-bond acceptors (Lipinski definition) is 7. The van der Waals surface area contributed by atoms with Crippen molar-refractivity contribution in [3.8, 4) is 5.75 Å². The number of carbonyl (C=O) groups is 3. The van der Waals surface area contributed by atoms with Gasteiger partial charge in [-0.25, -0.2) is 4.99 Å². The number of para-hydroxylation sites is 1. The molecule has 0 atom stereocenters. The molecule has 0 unspecified atom stereocenters. The van der Waals surface area contributed by atoms with Crippen molar-refractivity contribution >= 4 is 46.4 Å². The summed E-state index contributed by atoms with van der Waals surface area (Å²) in [6.45, 7) is 0.0340. The second-order valence-electron chi connectivity index (χ2n) is 7.85. The molecule has 5 rings (SSSR count). The third-order valence-corrected chi connectivity index (χ3v) is 6.58. The van der Waals surface area contributed by atoms with Gasteiger partial charge in [0.05, 0.1) is 42.0 Å². The number of hydrogen-bond donors (Lipinski definition) is 0. The Labute approximate surface area is 211 Å². The number of imide groups is 1. The standard InChI is InChI=1S/C27H21N3O5S/c1-34-20-13-11-18(12-14-20)17-23-26(33)29(27(36-23)28-19-7-3-2-4-8-19)15-16-35-30-24(31)21-9-5-6-10-22(21)25(30)32/h2-14,17H,15-16H2,1H3/b23-17+,28-27?.